The van der Waals surface area contributed by atoms with Gasteiger partial charge in [0.25, 0.3) is 10.0 Å². The molecule has 170 valence electrons. The van der Waals surface area contributed by atoms with Gasteiger partial charge in [-0.3, -0.25) is 0 Å². The van der Waals surface area contributed by atoms with Gasteiger partial charge in [-0.15, -0.1) is 0 Å². The van der Waals surface area contributed by atoms with Gasteiger partial charge >= 0.3 is 6.18 Å². The fraction of sp³-hybridized carbons (Fsp3) is 0.286. The Morgan fingerprint density at radius 3 is 2.53 bits per heavy atom. The standard InChI is InChI=1S/C21H20ClF3N4O2S/c1-28-12-20(26-13-28)32(30,31)29-10-17(16-7-2-3-8-18(16)22)19(11-29)27-15-6-4-5-14(9-15)21(23,24)25/h2-9,12-13,17,19,27H,10-11H2,1H3/t17-,19+/m0/s1. The van der Waals surface area contributed by atoms with Crippen molar-refractivity contribution < 1.29 is 21.6 Å². The molecule has 1 aliphatic heterocycles. The Bertz CT molecular complexity index is 1230. The maximum atomic E-state index is 13.1. The monoisotopic (exact) mass is 484 g/mol. The highest BCUT2D eigenvalue weighted by Gasteiger charge is 2.42. The summed E-state index contributed by atoms with van der Waals surface area (Å²) < 4.78 is 68.5. The summed E-state index contributed by atoms with van der Waals surface area (Å²) in [7, 11) is -2.22. The molecule has 0 saturated carbocycles. The molecular weight excluding hydrogens is 465 g/mol. The smallest absolute Gasteiger partial charge is 0.380 e. The number of halogens is 4. The van der Waals surface area contributed by atoms with E-state index in [1.807, 2.05) is 0 Å². The van der Waals surface area contributed by atoms with Crippen LogP contribution in [-0.2, 0) is 23.2 Å². The molecule has 1 aromatic heterocycles. The summed E-state index contributed by atoms with van der Waals surface area (Å²) >= 11 is 6.38. The number of aryl methyl sites for hydroxylation is 1. The number of aromatic nitrogens is 2. The third-order valence-electron chi connectivity index (χ3n) is 5.42. The molecule has 2 aromatic carbocycles. The largest absolute Gasteiger partial charge is 0.416 e. The van der Waals surface area contributed by atoms with Gasteiger partial charge in [0.1, 0.15) is 0 Å². The lowest BCUT2D eigenvalue weighted by Crippen LogP contribution is -2.32. The normalized spacial score (nSPS) is 19.9. The van der Waals surface area contributed by atoms with Crippen LogP contribution < -0.4 is 5.32 Å². The van der Waals surface area contributed by atoms with E-state index in [1.54, 1.807) is 31.3 Å². The number of anilines is 1. The zero-order valence-corrected chi connectivity index (χ0v) is 18.5. The summed E-state index contributed by atoms with van der Waals surface area (Å²) in [6.45, 7) is 0.157. The maximum absolute atomic E-state index is 13.1. The minimum absolute atomic E-state index is 0.0467. The highest BCUT2D eigenvalue weighted by molar-refractivity contribution is 7.89. The Labute approximate surface area is 188 Å². The molecule has 1 aliphatic rings. The predicted molar refractivity (Wildman–Crippen MR) is 115 cm³/mol. The van der Waals surface area contributed by atoms with Gasteiger partial charge in [0.15, 0.2) is 5.03 Å². The molecular formula is C21H20ClF3N4O2S. The summed E-state index contributed by atoms with van der Waals surface area (Å²) in [4.78, 5) is 3.96. The van der Waals surface area contributed by atoms with Crippen molar-refractivity contribution in [1.29, 1.82) is 0 Å². The SMILES string of the molecule is Cn1cnc(S(=O)(=O)N2C[C@@H](Nc3cccc(C(F)(F)F)c3)[C@H](c3ccccc3Cl)C2)c1. The number of sulfonamides is 1. The van der Waals surface area contributed by atoms with Crippen LogP contribution in [0.1, 0.15) is 17.0 Å². The van der Waals surface area contributed by atoms with E-state index in [0.717, 1.165) is 17.7 Å². The number of rotatable bonds is 5. The van der Waals surface area contributed by atoms with Gasteiger partial charge in [-0.1, -0.05) is 35.9 Å². The molecule has 0 bridgehead atoms. The van der Waals surface area contributed by atoms with E-state index in [0.29, 0.717) is 5.02 Å². The molecule has 2 heterocycles. The van der Waals surface area contributed by atoms with Gasteiger partial charge in [0.2, 0.25) is 0 Å². The number of nitrogens with zero attached hydrogens (tertiary/aromatic N) is 3. The zero-order valence-electron chi connectivity index (χ0n) is 16.9. The topological polar surface area (TPSA) is 67.2 Å². The van der Waals surface area contributed by atoms with Gasteiger partial charge in [-0.2, -0.15) is 17.5 Å². The van der Waals surface area contributed by atoms with Crippen molar-refractivity contribution in [2.24, 2.45) is 7.05 Å². The lowest BCUT2D eigenvalue weighted by Gasteiger charge is -2.22. The van der Waals surface area contributed by atoms with Crippen molar-refractivity contribution in [3.8, 4) is 0 Å². The molecule has 2 atom stereocenters. The number of nitrogens with one attached hydrogen (secondary N) is 1. The molecule has 1 N–H and O–H groups in total. The second kappa shape index (κ2) is 8.42. The van der Waals surface area contributed by atoms with E-state index in [9.17, 15) is 21.6 Å². The Hall–Kier alpha value is -2.56. The first kappa shape index (κ1) is 22.6. The molecule has 0 spiro atoms. The highest BCUT2D eigenvalue weighted by Crippen LogP contribution is 2.37. The molecule has 3 aromatic rings. The van der Waals surface area contributed by atoms with Gasteiger partial charge < -0.3 is 9.88 Å². The minimum atomic E-state index is -4.48. The van der Waals surface area contributed by atoms with Crippen molar-refractivity contribution in [1.82, 2.24) is 13.9 Å². The van der Waals surface area contributed by atoms with Crippen LogP contribution in [0.3, 0.4) is 0 Å². The summed E-state index contributed by atoms with van der Waals surface area (Å²) in [5, 5.41) is 3.48. The molecule has 4 rings (SSSR count). The van der Waals surface area contributed by atoms with Crippen molar-refractivity contribution in [2.45, 2.75) is 23.2 Å². The summed E-state index contributed by atoms with van der Waals surface area (Å²) in [6.07, 6.45) is -1.68. The number of alkyl halides is 3. The van der Waals surface area contributed by atoms with Crippen LogP contribution in [0.2, 0.25) is 5.02 Å². The molecule has 0 radical (unpaired) electrons. The predicted octanol–water partition coefficient (Wildman–Crippen LogP) is 4.36. The maximum Gasteiger partial charge on any atom is 0.416 e. The first-order valence-electron chi connectivity index (χ1n) is 9.72. The van der Waals surface area contributed by atoms with E-state index < -0.39 is 27.8 Å². The molecule has 0 aliphatic carbocycles. The zero-order chi connectivity index (χ0) is 23.1. The molecule has 1 saturated heterocycles. The van der Waals surface area contributed by atoms with Gasteiger partial charge in [-0.25, -0.2) is 13.4 Å². The van der Waals surface area contributed by atoms with Crippen LogP contribution in [-0.4, -0.2) is 41.4 Å². The average molecular weight is 485 g/mol. The third kappa shape index (κ3) is 4.48. The Balaban J connectivity index is 1.68. The van der Waals surface area contributed by atoms with Gasteiger partial charge in [-0.05, 0) is 29.8 Å². The first-order valence-corrected chi connectivity index (χ1v) is 11.5. The summed E-state index contributed by atoms with van der Waals surface area (Å²) in [5.74, 6) is -0.378. The summed E-state index contributed by atoms with van der Waals surface area (Å²) in [6, 6.07) is 11.4. The van der Waals surface area contributed by atoms with Crippen molar-refractivity contribution in [3.63, 3.8) is 0 Å². The molecule has 0 unspecified atom stereocenters. The van der Waals surface area contributed by atoms with Crippen LogP contribution in [0.5, 0.6) is 0 Å². The molecule has 11 heteroatoms. The number of hydrogen-bond acceptors (Lipinski definition) is 4. The Morgan fingerprint density at radius 2 is 1.88 bits per heavy atom. The fourth-order valence-electron chi connectivity index (χ4n) is 3.85. The number of hydrogen-bond donors (Lipinski definition) is 1. The van der Waals surface area contributed by atoms with Crippen LogP contribution >= 0.6 is 11.6 Å². The second-order valence-electron chi connectivity index (χ2n) is 7.66. The van der Waals surface area contributed by atoms with Crippen molar-refractivity contribution in [2.75, 3.05) is 18.4 Å². The molecule has 1 fully saturated rings. The number of benzene rings is 2. The van der Waals surface area contributed by atoms with Crippen molar-refractivity contribution >= 4 is 27.3 Å². The second-order valence-corrected chi connectivity index (χ2v) is 9.95. The van der Waals surface area contributed by atoms with E-state index in [-0.39, 0.29) is 29.7 Å². The van der Waals surface area contributed by atoms with E-state index in [2.05, 4.69) is 10.3 Å². The first-order chi connectivity index (χ1) is 15.1. The van der Waals surface area contributed by atoms with Crippen LogP contribution in [0.25, 0.3) is 0 Å². The molecule has 0 amide bonds. The van der Waals surface area contributed by atoms with Crippen LogP contribution in [0.4, 0.5) is 18.9 Å². The average Bonchev–Trinajstić information content (AvgIpc) is 3.35. The van der Waals surface area contributed by atoms with Gasteiger partial charge in [0, 0.05) is 49.0 Å². The van der Waals surface area contributed by atoms with Gasteiger partial charge in [0.05, 0.1) is 11.9 Å². The quantitative estimate of drug-likeness (QED) is 0.584. The fourth-order valence-corrected chi connectivity index (χ4v) is 5.59. The lowest BCUT2D eigenvalue weighted by molar-refractivity contribution is -0.137. The molecule has 32 heavy (non-hydrogen) atoms. The van der Waals surface area contributed by atoms with Crippen LogP contribution in [0.15, 0.2) is 66.1 Å². The molecule has 6 nitrogen and oxygen atoms in total. The van der Waals surface area contributed by atoms with E-state index in [4.69, 9.17) is 11.6 Å². The van der Waals surface area contributed by atoms with Crippen molar-refractivity contribution in [3.05, 3.63) is 77.2 Å². The minimum Gasteiger partial charge on any atom is -0.380 e. The Morgan fingerprint density at radius 1 is 1.12 bits per heavy atom. The van der Waals surface area contributed by atoms with Crippen LogP contribution in [0, 0.1) is 0 Å². The third-order valence-corrected chi connectivity index (χ3v) is 7.48. The van der Waals surface area contributed by atoms with E-state index in [1.165, 1.54) is 33.5 Å². The summed E-state index contributed by atoms with van der Waals surface area (Å²) in [5.41, 5.74) is 0.184. The Kier molecular flexibility index (Phi) is 5.95. The lowest BCUT2D eigenvalue weighted by atomic mass is 9.94. The highest BCUT2D eigenvalue weighted by atomic mass is 35.5. The number of imidazole rings is 1. The van der Waals surface area contributed by atoms with E-state index >= 15 is 0 Å².